The van der Waals surface area contributed by atoms with Gasteiger partial charge in [0.25, 0.3) is 0 Å². The fraction of sp³-hybridized carbons (Fsp3) is 0.750. The fourth-order valence-electron chi connectivity index (χ4n) is 1.81. The monoisotopic (exact) mass is 222 g/mol. The Labute approximate surface area is 98.5 Å². The maximum atomic E-state index is 5.19. The minimum Gasteiger partial charge on any atom is -0.355 e. The van der Waals surface area contributed by atoms with Crippen molar-refractivity contribution in [3.8, 4) is 12.3 Å². The highest BCUT2D eigenvalue weighted by atomic mass is 15.2. The second-order valence-corrected chi connectivity index (χ2v) is 4.38. The van der Waals surface area contributed by atoms with Crippen LogP contribution >= 0.6 is 0 Å². The number of aliphatic imine (C=N–C) groups is 1. The Morgan fingerprint density at radius 3 is 2.62 bits per heavy atom. The molecule has 0 aromatic rings. The van der Waals surface area contributed by atoms with Crippen LogP contribution in [0.3, 0.4) is 0 Å². The Morgan fingerprint density at radius 1 is 1.50 bits per heavy atom. The molecule has 1 fully saturated rings. The van der Waals surface area contributed by atoms with Gasteiger partial charge in [-0.3, -0.25) is 4.99 Å². The normalized spacial score (nSPS) is 18.1. The summed E-state index contributed by atoms with van der Waals surface area (Å²) in [5.74, 6) is 4.16. The SMILES string of the molecule is C#CCNC(=NC)NCC(C1CC1)N(C)C. The topological polar surface area (TPSA) is 39.7 Å². The average molecular weight is 222 g/mol. The van der Waals surface area contributed by atoms with Crippen LogP contribution in [0.25, 0.3) is 0 Å². The number of nitrogens with zero attached hydrogens (tertiary/aromatic N) is 2. The fourth-order valence-corrected chi connectivity index (χ4v) is 1.81. The van der Waals surface area contributed by atoms with Gasteiger partial charge in [0.1, 0.15) is 0 Å². The van der Waals surface area contributed by atoms with E-state index in [2.05, 4.69) is 40.5 Å². The Kier molecular flexibility index (Phi) is 5.13. The number of rotatable bonds is 5. The third-order valence-electron chi connectivity index (χ3n) is 2.89. The standard InChI is InChI=1S/C12H22N4/c1-5-8-14-12(13-2)15-9-11(16(3)4)10-6-7-10/h1,10-11H,6-9H2,2-4H3,(H2,13,14,15). The summed E-state index contributed by atoms with van der Waals surface area (Å²) in [6.07, 6.45) is 7.89. The predicted molar refractivity (Wildman–Crippen MR) is 68.4 cm³/mol. The molecule has 0 aromatic heterocycles. The van der Waals surface area contributed by atoms with Gasteiger partial charge in [-0.25, -0.2) is 0 Å². The van der Waals surface area contributed by atoms with Crippen molar-refractivity contribution in [3.63, 3.8) is 0 Å². The molecular formula is C12H22N4. The van der Waals surface area contributed by atoms with E-state index in [-0.39, 0.29) is 0 Å². The number of hydrogen-bond donors (Lipinski definition) is 2. The van der Waals surface area contributed by atoms with Crippen LogP contribution in [0.5, 0.6) is 0 Å². The first-order valence-electron chi connectivity index (χ1n) is 5.73. The van der Waals surface area contributed by atoms with Crippen molar-refractivity contribution in [3.05, 3.63) is 0 Å². The van der Waals surface area contributed by atoms with Gasteiger partial charge in [0, 0.05) is 19.6 Å². The summed E-state index contributed by atoms with van der Waals surface area (Å²) in [6.45, 7) is 1.43. The van der Waals surface area contributed by atoms with Crippen molar-refractivity contribution in [2.45, 2.75) is 18.9 Å². The summed E-state index contributed by atoms with van der Waals surface area (Å²) in [5.41, 5.74) is 0. The lowest BCUT2D eigenvalue weighted by molar-refractivity contribution is 0.264. The van der Waals surface area contributed by atoms with Gasteiger partial charge in [-0.2, -0.15) is 0 Å². The summed E-state index contributed by atoms with van der Waals surface area (Å²) < 4.78 is 0. The van der Waals surface area contributed by atoms with Crippen molar-refractivity contribution in [1.82, 2.24) is 15.5 Å². The summed E-state index contributed by atoms with van der Waals surface area (Å²) >= 11 is 0. The van der Waals surface area contributed by atoms with Gasteiger partial charge in [-0.05, 0) is 32.9 Å². The van der Waals surface area contributed by atoms with Crippen LogP contribution in [0.15, 0.2) is 4.99 Å². The van der Waals surface area contributed by atoms with Crippen molar-refractivity contribution in [2.24, 2.45) is 10.9 Å². The van der Waals surface area contributed by atoms with Crippen molar-refractivity contribution < 1.29 is 0 Å². The van der Waals surface area contributed by atoms with Crippen molar-refractivity contribution >= 4 is 5.96 Å². The molecule has 4 nitrogen and oxygen atoms in total. The summed E-state index contributed by atoms with van der Waals surface area (Å²) in [7, 11) is 6.01. The third-order valence-corrected chi connectivity index (χ3v) is 2.89. The molecule has 4 heteroatoms. The zero-order chi connectivity index (χ0) is 12.0. The first-order chi connectivity index (χ1) is 7.69. The molecule has 2 N–H and O–H groups in total. The highest BCUT2D eigenvalue weighted by Gasteiger charge is 2.32. The Hall–Kier alpha value is -1.21. The Balaban J connectivity index is 2.32. The lowest BCUT2D eigenvalue weighted by Gasteiger charge is -2.25. The van der Waals surface area contributed by atoms with Gasteiger partial charge >= 0.3 is 0 Å². The van der Waals surface area contributed by atoms with E-state index >= 15 is 0 Å². The lowest BCUT2D eigenvalue weighted by atomic mass is 10.1. The van der Waals surface area contributed by atoms with Gasteiger partial charge in [-0.15, -0.1) is 6.42 Å². The van der Waals surface area contributed by atoms with Gasteiger partial charge < -0.3 is 15.5 Å². The minimum atomic E-state index is 0.510. The molecule has 0 spiro atoms. The Morgan fingerprint density at radius 2 is 2.19 bits per heavy atom. The summed E-state index contributed by atoms with van der Waals surface area (Å²) in [5, 5.41) is 6.37. The molecule has 1 saturated carbocycles. The maximum Gasteiger partial charge on any atom is 0.191 e. The van der Waals surface area contributed by atoms with E-state index < -0.39 is 0 Å². The lowest BCUT2D eigenvalue weighted by Crippen LogP contribution is -2.46. The van der Waals surface area contributed by atoms with Crippen LogP contribution in [0.4, 0.5) is 0 Å². The molecule has 1 atom stereocenters. The number of terminal acetylenes is 1. The summed E-state index contributed by atoms with van der Waals surface area (Å²) in [4.78, 5) is 6.39. The largest absolute Gasteiger partial charge is 0.355 e. The van der Waals surface area contributed by atoms with Crippen LogP contribution in [0.1, 0.15) is 12.8 Å². The molecule has 90 valence electrons. The molecule has 1 rings (SSSR count). The summed E-state index contributed by atoms with van der Waals surface area (Å²) in [6, 6.07) is 0.587. The number of hydrogen-bond acceptors (Lipinski definition) is 2. The van der Waals surface area contributed by atoms with E-state index in [0.717, 1.165) is 18.4 Å². The molecule has 0 radical (unpaired) electrons. The number of likely N-dealkylation sites (N-methyl/N-ethyl adjacent to an activating group) is 1. The van der Waals surface area contributed by atoms with Crippen LogP contribution < -0.4 is 10.6 Å². The van der Waals surface area contributed by atoms with E-state index in [1.54, 1.807) is 7.05 Å². The second kappa shape index (κ2) is 6.39. The third kappa shape index (κ3) is 4.11. The Bertz CT molecular complexity index is 271. The maximum absolute atomic E-state index is 5.19. The van der Waals surface area contributed by atoms with Crippen LogP contribution in [0, 0.1) is 18.3 Å². The molecule has 0 bridgehead atoms. The molecule has 1 aliphatic carbocycles. The molecule has 1 unspecified atom stereocenters. The molecule has 0 amide bonds. The zero-order valence-corrected chi connectivity index (χ0v) is 10.5. The van der Waals surface area contributed by atoms with Gasteiger partial charge in [-0.1, -0.05) is 5.92 Å². The van der Waals surface area contributed by atoms with Crippen LogP contribution in [-0.2, 0) is 0 Å². The first kappa shape index (κ1) is 12.9. The molecule has 0 aliphatic heterocycles. The smallest absolute Gasteiger partial charge is 0.191 e. The van der Waals surface area contributed by atoms with E-state index in [1.165, 1.54) is 12.8 Å². The number of nitrogens with one attached hydrogen (secondary N) is 2. The van der Waals surface area contributed by atoms with E-state index in [4.69, 9.17) is 6.42 Å². The molecule has 16 heavy (non-hydrogen) atoms. The van der Waals surface area contributed by atoms with Gasteiger partial charge in [0.15, 0.2) is 5.96 Å². The second-order valence-electron chi connectivity index (χ2n) is 4.38. The highest BCUT2D eigenvalue weighted by molar-refractivity contribution is 5.79. The zero-order valence-electron chi connectivity index (χ0n) is 10.5. The molecular weight excluding hydrogens is 200 g/mol. The molecule has 0 saturated heterocycles. The van der Waals surface area contributed by atoms with Crippen LogP contribution in [-0.4, -0.2) is 51.1 Å². The molecule has 1 aliphatic rings. The van der Waals surface area contributed by atoms with Gasteiger partial charge in [0.05, 0.1) is 6.54 Å². The molecule has 0 aromatic carbocycles. The quantitative estimate of drug-likeness (QED) is 0.394. The van der Waals surface area contributed by atoms with Gasteiger partial charge in [0.2, 0.25) is 0 Å². The molecule has 0 heterocycles. The van der Waals surface area contributed by atoms with E-state index in [1.807, 2.05) is 0 Å². The van der Waals surface area contributed by atoms with E-state index in [9.17, 15) is 0 Å². The van der Waals surface area contributed by atoms with Crippen molar-refractivity contribution in [1.29, 1.82) is 0 Å². The highest BCUT2D eigenvalue weighted by Crippen LogP contribution is 2.34. The number of guanidine groups is 1. The first-order valence-corrected chi connectivity index (χ1v) is 5.73. The van der Waals surface area contributed by atoms with Crippen LogP contribution in [0.2, 0.25) is 0 Å². The minimum absolute atomic E-state index is 0.510. The van der Waals surface area contributed by atoms with E-state index in [0.29, 0.717) is 12.6 Å². The predicted octanol–water partition coefficient (Wildman–Crippen LogP) is 0.125. The average Bonchev–Trinajstić information content (AvgIpc) is 3.06. The van der Waals surface area contributed by atoms with Crippen molar-refractivity contribution in [2.75, 3.05) is 34.2 Å².